The van der Waals surface area contributed by atoms with Crippen molar-refractivity contribution in [1.82, 2.24) is 19.1 Å². The zero-order valence-electron chi connectivity index (χ0n) is 39.1. The molecule has 0 radical (unpaired) electrons. The van der Waals surface area contributed by atoms with E-state index in [2.05, 4.69) is 70.8 Å². The van der Waals surface area contributed by atoms with Crippen molar-refractivity contribution < 1.29 is 55.6 Å². The summed E-state index contributed by atoms with van der Waals surface area (Å²) in [5.74, 6) is -0.602. The van der Waals surface area contributed by atoms with Gasteiger partial charge in [-0.2, -0.15) is 0 Å². The fourth-order valence-electron chi connectivity index (χ4n) is 10.7. The molecule has 364 valence electrons. The first kappa shape index (κ1) is 49.4. The van der Waals surface area contributed by atoms with E-state index in [4.69, 9.17) is 9.97 Å². The molecule has 0 amide bonds. The van der Waals surface area contributed by atoms with Crippen LogP contribution in [0.2, 0.25) is 0 Å². The predicted octanol–water partition coefficient (Wildman–Crippen LogP) is 14.1. The first-order valence-corrected chi connectivity index (χ1v) is 22.4. The average Bonchev–Trinajstić information content (AvgIpc) is 3.76. The number of aryl methyl sites for hydroxylation is 2. The number of carbonyl (C=O) groups is 2. The van der Waals surface area contributed by atoms with Crippen molar-refractivity contribution in [2.24, 2.45) is 22.7 Å². The van der Waals surface area contributed by atoms with Crippen LogP contribution in [-0.4, -0.2) is 54.0 Å². The first-order chi connectivity index (χ1) is 31.7. The molecule has 8 rings (SSSR count). The molecule has 0 unspecified atom stereocenters. The second kappa shape index (κ2) is 18.6. The summed E-state index contributed by atoms with van der Waals surface area (Å²) in [6.45, 7) is 16.9. The molecule has 18 heteroatoms. The number of rotatable bonds is 10. The number of ether oxygens (including phenoxy) is 2. The fraction of sp³-hybridized carbons (Fsp3) is 0.440. The molecule has 0 saturated heterocycles. The molecule has 2 aromatic heterocycles. The number of benzene rings is 4. The van der Waals surface area contributed by atoms with Crippen LogP contribution in [0.15, 0.2) is 72.8 Å². The Kier molecular flexibility index (Phi) is 13.5. The highest BCUT2D eigenvalue weighted by molar-refractivity contribution is 5.97. The number of imidazole rings is 2. The maximum absolute atomic E-state index is 12.5. The molecular weight excluding hydrogens is 895 g/mol. The van der Waals surface area contributed by atoms with Crippen LogP contribution < -0.4 is 20.1 Å². The van der Waals surface area contributed by atoms with E-state index in [1.54, 1.807) is 38.1 Å². The van der Waals surface area contributed by atoms with Gasteiger partial charge in [0.25, 0.3) is 0 Å². The molecule has 4 aromatic carbocycles. The van der Waals surface area contributed by atoms with Gasteiger partial charge in [-0.05, 0) is 159 Å². The second-order valence-corrected chi connectivity index (χ2v) is 20.0. The Morgan fingerprint density at radius 1 is 0.588 bits per heavy atom. The molecule has 0 bridgehead atoms. The Morgan fingerprint density at radius 3 is 1.22 bits per heavy atom. The third kappa shape index (κ3) is 11.4. The van der Waals surface area contributed by atoms with Gasteiger partial charge >= 0.3 is 24.7 Å². The summed E-state index contributed by atoms with van der Waals surface area (Å²) < 4.78 is 87.1. The van der Waals surface area contributed by atoms with Gasteiger partial charge in [0.1, 0.15) is 11.5 Å². The maximum Gasteiger partial charge on any atom is 0.573 e. The average molecular weight is 951 g/mol. The summed E-state index contributed by atoms with van der Waals surface area (Å²) in [6, 6.07) is 18.0. The minimum Gasteiger partial charge on any atom is -0.478 e. The van der Waals surface area contributed by atoms with Crippen molar-refractivity contribution in [2.45, 2.75) is 119 Å². The SMILES string of the molecule is Cc1c(C(=O)O)ccc2c1nc(Nc1ccc(OC(F)(F)F)cc1)n2[C@@H]1C[C@@H](C)CC(C)(C)C1.Cc1c(C(=O)O)ccc2c1nc(Nc1ccc(OC(F)(F)F)cc1)n2[C@H]1C[C@H](C)CC(C)(C)C1. The summed E-state index contributed by atoms with van der Waals surface area (Å²) in [6.07, 6.45) is -3.54. The lowest BCUT2D eigenvalue weighted by atomic mass is 9.70. The number of fused-ring (bicyclic) bond motifs is 2. The largest absolute Gasteiger partial charge is 0.573 e. The molecule has 4 atom stereocenters. The van der Waals surface area contributed by atoms with Gasteiger partial charge in [0.05, 0.1) is 33.2 Å². The summed E-state index contributed by atoms with van der Waals surface area (Å²) in [4.78, 5) is 32.8. The van der Waals surface area contributed by atoms with E-state index in [1.165, 1.54) is 48.5 Å². The Labute approximate surface area is 389 Å². The van der Waals surface area contributed by atoms with Gasteiger partial charge in [0.15, 0.2) is 0 Å². The molecule has 4 N–H and O–H groups in total. The van der Waals surface area contributed by atoms with Gasteiger partial charge in [-0.15, -0.1) is 26.3 Å². The van der Waals surface area contributed by atoms with Gasteiger partial charge in [-0.25, -0.2) is 19.6 Å². The maximum atomic E-state index is 12.5. The predicted molar refractivity (Wildman–Crippen MR) is 247 cm³/mol. The van der Waals surface area contributed by atoms with Crippen molar-refractivity contribution in [3.63, 3.8) is 0 Å². The number of aromatic nitrogens is 4. The van der Waals surface area contributed by atoms with Crippen molar-refractivity contribution in [3.05, 3.63) is 95.1 Å². The van der Waals surface area contributed by atoms with E-state index < -0.39 is 24.7 Å². The number of halogens is 6. The third-order valence-corrected chi connectivity index (χ3v) is 12.8. The molecule has 2 aliphatic rings. The van der Waals surface area contributed by atoms with Crippen LogP contribution >= 0.6 is 0 Å². The summed E-state index contributed by atoms with van der Waals surface area (Å²) >= 11 is 0. The molecule has 12 nitrogen and oxygen atoms in total. The number of nitrogens with one attached hydrogen (secondary N) is 2. The lowest BCUT2D eigenvalue weighted by Gasteiger charge is -2.40. The summed E-state index contributed by atoms with van der Waals surface area (Å²) in [5.41, 5.74) is 5.72. The number of alkyl halides is 6. The summed E-state index contributed by atoms with van der Waals surface area (Å²) in [5, 5.41) is 25.6. The first-order valence-electron chi connectivity index (χ1n) is 22.4. The number of hydrogen-bond donors (Lipinski definition) is 4. The van der Waals surface area contributed by atoms with Crippen LogP contribution in [0, 0.1) is 36.5 Å². The number of anilines is 4. The van der Waals surface area contributed by atoms with E-state index in [9.17, 15) is 46.1 Å². The van der Waals surface area contributed by atoms with Gasteiger partial charge in [-0.1, -0.05) is 41.5 Å². The highest BCUT2D eigenvalue weighted by atomic mass is 19.4. The topological polar surface area (TPSA) is 153 Å². The minimum absolute atomic E-state index is 0.128. The van der Waals surface area contributed by atoms with Crippen LogP contribution in [0.4, 0.5) is 49.6 Å². The fourth-order valence-corrected chi connectivity index (χ4v) is 10.7. The quantitative estimate of drug-likeness (QED) is 0.0976. The van der Waals surface area contributed by atoms with Crippen LogP contribution in [0.5, 0.6) is 11.5 Å². The highest BCUT2D eigenvalue weighted by Gasteiger charge is 2.37. The van der Waals surface area contributed by atoms with Gasteiger partial charge < -0.3 is 39.5 Å². The zero-order valence-corrected chi connectivity index (χ0v) is 39.1. The van der Waals surface area contributed by atoms with E-state index in [0.29, 0.717) is 57.3 Å². The van der Waals surface area contributed by atoms with E-state index in [-0.39, 0.29) is 45.5 Å². The number of hydrogen-bond acceptors (Lipinski definition) is 8. The normalized spacial score (nSPS) is 20.3. The second-order valence-electron chi connectivity index (χ2n) is 20.0. The summed E-state index contributed by atoms with van der Waals surface area (Å²) in [7, 11) is 0. The Hall–Kier alpha value is -6.46. The molecule has 6 aromatic rings. The van der Waals surface area contributed by atoms with E-state index >= 15 is 0 Å². The van der Waals surface area contributed by atoms with Gasteiger partial charge in [0.2, 0.25) is 11.9 Å². The zero-order chi connectivity index (χ0) is 49.7. The molecule has 2 fully saturated rings. The van der Waals surface area contributed by atoms with Crippen LogP contribution in [-0.2, 0) is 0 Å². The van der Waals surface area contributed by atoms with E-state index in [1.807, 2.05) is 0 Å². The van der Waals surface area contributed by atoms with Crippen molar-refractivity contribution >= 4 is 57.3 Å². The monoisotopic (exact) mass is 950 g/mol. The number of nitrogens with zero attached hydrogens (tertiary/aromatic N) is 4. The van der Waals surface area contributed by atoms with Crippen molar-refractivity contribution in [1.29, 1.82) is 0 Å². The van der Waals surface area contributed by atoms with Crippen LogP contribution in [0.1, 0.15) is 124 Å². The number of carboxylic acids is 2. The molecule has 2 aliphatic carbocycles. The van der Waals surface area contributed by atoms with E-state index in [0.717, 1.165) is 49.6 Å². The third-order valence-electron chi connectivity index (χ3n) is 12.8. The molecule has 2 heterocycles. The van der Waals surface area contributed by atoms with Crippen LogP contribution in [0.25, 0.3) is 22.1 Å². The highest BCUT2D eigenvalue weighted by Crippen LogP contribution is 2.48. The van der Waals surface area contributed by atoms with Crippen molar-refractivity contribution in [2.75, 3.05) is 10.6 Å². The Morgan fingerprint density at radius 2 is 0.926 bits per heavy atom. The standard InChI is InChI=1S/2C25H28F3N3O3/c2*1-14-11-17(13-24(3,4)12-14)31-20-10-9-19(22(32)33)15(2)21(20)30-23(31)29-16-5-7-18(8-6-16)34-25(26,27)28/h2*5-10,14,17H,11-13H2,1-4H3,(H,29,30)(H,32,33)/t2*14-,17-/m10/s1. The Balaban J connectivity index is 0.000000201. The molecule has 2 saturated carbocycles. The lowest BCUT2D eigenvalue weighted by Crippen LogP contribution is -2.29. The van der Waals surface area contributed by atoms with Gasteiger partial charge in [-0.3, -0.25) is 0 Å². The Bertz CT molecular complexity index is 2620. The smallest absolute Gasteiger partial charge is 0.478 e. The molecule has 0 aliphatic heterocycles. The lowest BCUT2D eigenvalue weighted by molar-refractivity contribution is -0.275. The molecular formula is C50H56F6N6O6. The van der Waals surface area contributed by atoms with Gasteiger partial charge in [0, 0.05) is 23.5 Å². The molecule has 68 heavy (non-hydrogen) atoms. The van der Waals surface area contributed by atoms with Crippen LogP contribution in [0.3, 0.4) is 0 Å². The minimum atomic E-state index is -4.76. The van der Waals surface area contributed by atoms with Crippen molar-refractivity contribution in [3.8, 4) is 11.5 Å². The number of carboxylic acid groups (broad SMARTS) is 2. The number of aromatic carboxylic acids is 2. The molecule has 0 spiro atoms.